The summed E-state index contributed by atoms with van der Waals surface area (Å²) in [5.74, 6) is -6.86. The van der Waals surface area contributed by atoms with E-state index < -0.39 is 147 Å². The SMILES string of the molecule is CCN(CC)c1ccc(CN[C@@H]2[C@H](O)[C@H](O[C@H]3/C=C/C=C/C=C/C=C/C=C/C=C/C=C/[C@H](C)[C@@H](O)[C@@H](C)[C@H](C)OC(=O)C[C@H](O)C[C@H](O)CC[C@@H](O)[C@H](O)C[C@H](O)C[C@]4(O)C[C@H](O)[C@@H](C(=O)O)[C@H](C3)O4)O[C@@H](C)[C@H]2O)cc1. The Kier molecular flexibility index (Phi) is 27.6. The number of nitrogens with one attached hydrogen (secondary N) is 1. The molecule has 0 saturated carbocycles. The van der Waals surface area contributed by atoms with Crippen LogP contribution >= 0.6 is 0 Å². The number of rotatable bonds is 9. The topological polar surface area (TPSA) is 309 Å². The summed E-state index contributed by atoms with van der Waals surface area (Å²) in [6.07, 6.45) is 3.74. The number of hydrogen-bond acceptors (Lipinski definition) is 18. The number of nitrogens with zero attached hydrogens (tertiary/aromatic N) is 1. The van der Waals surface area contributed by atoms with Crippen LogP contribution < -0.4 is 10.2 Å². The van der Waals surface area contributed by atoms with Gasteiger partial charge in [0, 0.05) is 62.8 Å². The maximum atomic E-state index is 12.7. The number of aliphatic hydroxyl groups is 10. The molecule has 0 radical (unpaired) electrons. The van der Waals surface area contributed by atoms with Crippen LogP contribution in [-0.4, -0.2) is 179 Å². The Bertz CT molecular complexity index is 2130. The smallest absolute Gasteiger partial charge is 0.311 e. The third kappa shape index (κ3) is 21.3. The van der Waals surface area contributed by atoms with Crippen LogP contribution in [0.4, 0.5) is 5.69 Å². The van der Waals surface area contributed by atoms with E-state index in [9.17, 15) is 65.8 Å². The molecule has 19 heteroatoms. The molecule has 77 heavy (non-hydrogen) atoms. The molecule has 12 N–H and O–H groups in total. The Labute approximate surface area is 453 Å². The molecular weight excluding hydrogens is 997 g/mol. The van der Waals surface area contributed by atoms with Gasteiger partial charge in [-0.2, -0.15) is 0 Å². The molecule has 3 heterocycles. The fraction of sp³-hybridized carbons (Fsp3) is 0.621. The Hall–Kier alpha value is -4.42. The number of aliphatic carboxylic acids is 1. The van der Waals surface area contributed by atoms with Crippen LogP contribution in [0.2, 0.25) is 0 Å². The minimum absolute atomic E-state index is 0.110. The Balaban J connectivity index is 1.58. The minimum Gasteiger partial charge on any atom is -0.481 e. The molecule has 0 unspecified atom stereocenters. The average molecular weight is 1090 g/mol. The second-order valence-corrected chi connectivity index (χ2v) is 20.7. The normalized spacial score (nSPS) is 40.2. The monoisotopic (exact) mass is 1080 g/mol. The van der Waals surface area contributed by atoms with Gasteiger partial charge in [0.2, 0.25) is 0 Å². The maximum Gasteiger partial charge on any atom is 0.311 e. The number of allylic oxidation sites excluding steroid dienone is 12. The van der Waals surface area contributed by atoms with E-state index in [1.54, 1.807) is 75.5 Å². The van der Waals surface area contributed by atoms with Gasteiger partial charge in [-0.05, 0) is 64.7 Å². The molecule has 19 atom stereocenters. The number of benzene rings is 1. The lowest BCUT2D eigenvalue weighted by Crippen LogP contribution is -2.63. The molecule has 0 spiro atoms. The van der Waals surface area contributed by atoms with Crippen LogP contribution in [0.1, 0.15) is 98.5 Å². The van der Waals surface area contributed by atoms with Crippen LogP contribution in [0, 0.1) is 17.8 Å². The van der Waals surface area contributed by atoms with Crippen LogP contribution in [0.3, 0.4) is 0 Å². The number of fused-ring (bicyclic) bond motifs is 2. The van der Waals surface area contributed by atoms with Crippen molar-refractivity contribution < 1.29 is 84.7 Å². The van der Waals surface area contributed by atoms with Crippen molar-refractivity contribution in [2.75, 3.05) is 18.0 Å². The van der Waals surface area contributed by atoms with Crippen molar-refractivity contribution >= 4 is 17.6 Å². The van der Waals surface area contributed by atoms with Crippen molar-refractivity contribution in [3.05, 3.63) is 115 Å². The van der Waals surface area contributed by atoms with Gasteiger partial charge >= 0.3 is 11.9 Å². The van der Waals surface area contributed by atoms with Gasteiger partial charge in [-0.3, -0.25) is 9.59 Å². The van der Waals surface area contributed by atoms with Crippen molar-refractivity contribution in [2.24, 2.45) is 17.8 Å². The molecule has 2 bridgehead atoms. The highest BCUT2D eigenvalue weighted by Crippen LogP contribution is 2.38. The number of aliphatic hydroxyl groups excluding tert-OH is 9. The number of hydrogen-bond donors (Lipinski definition) is 12. The van der Waals surface area contributed by atoms with Gasteiger partial charge in [-0.1, -0.05) is 111 Å². The van der Waals surface area contributed by atoms with E-state index in [1.165, 1.54) is 0 Å². The largest absolute Gasteiger partial charge is 0.481 e. The molecule has 0 aromatic heterocycles. The molecule has 0 amide bonds. The predicted molar refractivity (Wildman–Crippen MR) is 290 cm³/mol. The van der Waals surface area contributed by atoms with Gasteiger partial charge < -0.3 is 85.3 Å². The average Bonchev–Trinajstić information content (AvgIpc) is 3.36. The lowest BCUT2D eigenvalue weighted by atomic mass is 9.82. The van der Waals surface area contributed by atoms with Gasteiger partial charge in [-0.25, -0.2) is 0 Å². The molecule has 2 saturated heterocycles. The van der Waals surface area contributed by atoms with E-state index in [0.717, 1.165) is 24.3 Å². The highest BCUT2D eigenvalue weighted by Gasteiger charge is 2.51. The summed E-state index contributed by atoms with van der Waals surface area (Å²) in [4.78, 5) is 27.6. The Morgan fingerprint density at radius 1 is 0.675 bits per heavy atom. The molecule has 1 aromatic rings. The molecule has 4 rings (SSSR count). The molecule has 2 fully saturated rings. The summed E-state index contributed by atoms with van der Waals surface area (Å²) in [6, 6.07) is 6.99. The maximum absolute atomic E-state index is 12.7. The summed E-state index contributed by atoms with van der Waals surface area (Å²) >= 11 is 0. The number of anilines is 1. The van der Waals surface area contributed by atoms with Crippen molar-refractivity contribution in [2.45, 2.75) is 197 Å². The summed E-state index contributed by atoms with van der Waals surface area (Å²) < 4.78 is 23.9. The van der Waals surface area contributed by atoms with Gasteiger partial charge in [-0.15, -0.1) is 0 Å². The zero-order valence-corrected chi connectivity index (χ0v) is 45.4. The number of cyclic esters (lactones) is 1. The molecule has 1 aromatic carbocycles. The first kappa shape index (κ1) is 65.1. The van der Waals surface area contributed by atoms with Crippen LogP contribution in [0.5, 0.6) is 0 Å². The molecule has 432 valence electrons. The van der Waals surface area contributed by atoms with Crippen LogP contribution in [-0.2, 0) is 35.1 Å². The van der Waals surface area contributed by atoms with Crippen molar-refractivity contribution in [1.82, 2.24) is 5.32 Å². The summed E-state index contributed by atoms with van der Waals surface area (Å²) in [5, 5.41) is 125. The number of carbonyl (C=O) groups is 2. The van der Waals surface area contributed by atoms with Crippen molar-refractivity contribution in [3.63, 3.8) is 0 Å². The van der Waals surface area contributed by atoms with E-state index in [0.29, 0.717) is 0 Å². The van der Waals surface area contributed by atoms with Gasteiger partial charge in [0.25, 0.3) is 0 Å². The standard InChI is InChI=1S/C58H88N2O17/c1-7-60(8-2)41-25-23-40(24-26-41)35-59-52-54(69)39(6)75-57(55(52)70)76-45-22-20-18-16-14-12-10-9-11-13-15-17-19-21-36(3)53(68)37(4)38(5)74-50(67)31-43(62)29-42(61)27-28-46(64)47(65)30-44(63)33-58(73)34-48(66)51(56(71)72)49(32-45)77-58/h9-26,36-39,42-49,51-55,57,59,61-66,68-70,73H,7-8,27-35H2,1-6H3,(H,71,72)/b10-9+,13-11+,14-12+,17-15+,18-16+,21-19+,22-20+/t36-,37-,38-,39-,42+,43+,44-,45-,46+,47+,48-,49-,51+,52-,53+,54+,55-,57-,58+/m0/s1. The van der Waals surface area contributed by atoms with Crippen molar-refractivity contribution in [3.8, 4) is 0 Å². The summed E-state index contributed by atoms with van der Waals surface area (Å²) in [5.41, 5.74) is 1.96. The highest BCUT2D eigenvalue weighted by atomic mass is 16.7. The van der Waals surface area contributed by atoms with Crippen LogP contribution in [0.25, 0.3) is 0 Å². The number of carbonyl (C=O) groups excluding carboxylic acids is 1. The van der Waals surface area contributed by atoms with Gasteiger partial charge in [0.15, 0.2) is 12.1 Å². The van der Waals surface area contributed by atoms with Crippen molar-refractivity contribution in [1.29, 1.82) is 0 Å². The lowest BCUT2D eigenvalue weighted by Gasteiger charge is -2.45. The van der Waals surface area contributed by atoms with Gasteiger partial charge in [0.05, 0.1) is 79.6 Å². The third-order valence-corrected chi connectivity index (χ3v) is 14.6. The van der Waals surface area contributed by atoms with E-state index in [2.05, 4.69) is 24.1 Å². The Morgan fingerprint density at radius 2 is 1.26 bits per heavy atom. The first-order chi connectivity index (χ1) is 36.6. The van der Waals surface area contributed by atoms with Crippen LogP contribution in [0.15, 0.2) is 109 Å². The molecule has 19 nitrogen and oxygen atoms in total. The molecule has 0 aliphatic carbocycles. The van der Waals surface area contributed by atoms with E-state index in [-0.39, 0.29) is 38.1 Å². The fourth-order valence-corrected chi connectivity index (χ4v) is 9.83. The number of carboxylic acid groups (broad SMARTS) is 1. The summed E-state index contributed by atoms with van der Waals surface area (Å²) in [7, 11) is 0. The Morgan fingerprint density at radius 3 is 1.84 bits per heavy atom. The lowest BCUT2D eigenvalue weighted by molar-refractivity contribution is -0.309. The first-order valence-electron chi connectivity index (χ1n) is 27.1. The zero-order valence-electron chi connectivity index (χ0n) is 45.4. The highest BCUT2D eigenvalue weighted by molar-refractivity contribution is 5.71. The van der Waals surface area contributed by atoms with E-state index >= 15 is 0 Å². The van der Waals surface area contributed by atoms with Gasteiger partial charge in [0.1, 0.15) is 18.1 Å². The fourth-order valence-electron chi connectivity index (χ4n) is 9.83. The number of esters is 1. The zero-order chi connectivity index (χ0) is 56.8. The number of carboxylic acids is 1. The quantitative estimate of drug-likeness (QED) is 0.158. The predicted octanol–water partition coefficient (Wildman–Crippen LogP) is 3.39. The minimum atomic E-state index is -2.34. The first-order valence-corrected chi connectivity index (χ1v) is 27.1. The van der Waals surface area contributed by atoms with E-state index in [1.807, 2.05) is 61.6 Å². The molecule has 3 aliphatic rings. The third-order valence-electron chi connectivity index (χ3n) is 14.6. The summed E-state index contributed by atoms with van der Waals surface area (Å²) in [6.45, 7) is 13.0. The molecule has 3 aliphatic heterocycles. The second-order valence-electron chi connectivity index (χ2n) is 20.7. The number of ether oxygens (including phenoxy) is 4. The molecular formula is C58H88N2O17. The second kappa shape index (κ2) is 32.6. The van der Waals surface area contributed by atoms with E-state index in [4.69, 9.17) is 18.9 Å².